The van der Waals surface area contributed by atoms with Crippen LogP contribution in [0.3, 0.4) is 0 Å². The number of ether oxygens (including phenoxy) is 1. The molecule has 3 atom stereocenters. The van der Waals surface area contributed by atoms with E-state index in [4.69, 9.17) is 9.84 Å². The highest BCUT2D eigenvalue weighted by molar-refractivity contribution is 5.87. The van der Waals surface area contributed by atoms with E-state index >= 15 is 0 Å². The third kappa shape index (κ3) is 1.07. The molecule has 0 bridgehead atoms. The molecule has 0 amide bonds. The van der Waals surface area contributed by atoms with Crippen molar-refractivity contribution in [3.05, 3.63) is 0 Å². The van der Waals surface area contributed by atoms with Crippen molar-refractivity contribution in [1.29, 1.82) is 0 Å². The topological polar surface area (TPSA) is 46.5 Å². The Morgan fingerprint density at radius 1 is 1.60 bits per heavy atom. The quantitative estimate of drug-likeness (QED) is 0.562. The van der Waals surface area contributed by atoms with Gasteiger partial charge in [-0.05, 0) is 6.92 Å². The highest BCUT2D eigenvalue weighted by atomic mass is 16.5. The summed E-state index contributed by atoms with van der Waals surface area (Å²) in [4.78, 5) is 11.0. The van der Waals surface area contributed by atoms with Gasteiger partial charge in [0.25, 0.3) is 0 Å². The molecular formula is C7H12O3. The Bertz CT molecular complexity index is 144. The van der Waals surface area contributed by atoms with Gasteiger partial charge in [-0.1, -0.05) is 6.92 Å². The SMILES string of the molecule is CC1O[C@H](CO)C(C)C1=O. The molecule has 1 heterocycles. The first-order valence-corrected chi connectivity index (χ1v) is 3.47. The smallest absolute Gasteiger partial charge is 0.166 e. The number of hydrogen-bond acceptors (Lipinski definition) is 3. The molecule has 0 aromatic heterocycles. The van der Waals surface area contributed by atoms with Crippen molar-refractivity contribution in [2.75, 3.05) is 6.61 Å². The van der Waals surface area contributed by atoms with Crippen LogP contribution in [0.25, 0.3) is 0 Å². The minimum atomic E-state index is -0.327. The number of Topliss-reactive ketones (excluding diaryl/α,β-unsaturated/α-hetero) is 1. The van der Waals surface area contributed by atoms with Crippen molar-refractivity contribution in [2.45, 2.75) is 26.1 Å². The van der Waals surface area contributed by atoms with Gasteiger partial charge in [0.2, 0.25) is 0 Å². The van der Waals surface area contributed by atoms with Crippen molar-refractivity contribution in [3.63, 3.8) is 0 Å². The average Bonchev–Trinajstić information content (AvgIpc) is 2.17. The fraction of sp³-hybridized carbons (Fsp3) is 0.857. The van der Waals surface area contributed by atoms with E-state index in [1.165, 1.54) is 0 Å². The van der Waals surface area contributed by atoms with Crippen LogP contribution in [-0.4, -0.2) is 29.7 Å². The number of aliphatic hydroxyl groups is 1. The van der Waals surface area contributed by atoms with Crippen molar-refractivity contribution < 1.29 is 14.6 Å². The molecule has 1 rings (SSSR count). The first-order chi connectivity index (χ1) is 4.66. The Morgan fingerprint density at radius 2 is 2.20 bits per heavy atom. The largest absolute Gasteiger partial charge is 0.394 e. The van der Waals surface area contributed by atoms with E-state index in [-0.39, 0.29) is 30.5 Å². The summed E-state index contributed by atoms with van der Waals surface area (Å²) in [7, 11) is 0. The van der Waals surface area contributed by atoms with Gasteiger partial charge in [0.15, 0.2) is 5.78 Å². The van der Waals surface area contributed by atoms with E-state index in [1.54, 1.807) is 13.8 Å². The van der Waals surface area contributed by atoms with Crippen LogP contribution in [0, 0.1) is 5.92 Å². The maximum Gasteiger partial charge on any atom is 0.166 e. The Kier molecular flexibility index (Phi) is 2.06. The van der Waals surface area contributed by atoms with Crippen LogP contribution in [0.15, 0.2) is 0 Å². The van der Waals surface area contributed by atoms with E-state index in [0.717, 1.165) is 0 Å². The lowest BCUT2D eigenvalue weighted by atomic mass is 10.0. The number of ketones is 1. The standard InChI is InChI=1S/C7H12O3/c1-4-6(3-8)10-5(2)7(4)9/h4-6,8H,3H2,1-2H3/t4?,5?,6-/m1/s1. The Morgan fingerprint density at radius 3 is 2.40 bits per heavy atom. The highest BCUT2D eigenvalue weighted by Crippen LogP contribution is 2.21. The molecule has 0 aromatic rings. The Labute approximate surface area is 60.0 Å². The van der Waals surface area contributed by atoms with Gasteiger partial charge in [-0.3, -0.25) is 4.79 Å². The third-order valence-electron chi connectivity index (χ3n) is 1.97. The monoisotopic (exact) mass is 144 g/mol. The van der Waals surface area contributed by atoms with Crippen LogP contribution in [0.2, 0.25) is 0 Å². The lowest BCUT2D eigenvalue weighted by Crippen LogP contribution is -2.20. The molecular weight excluding hydrogens is 132 g/mol. The van der Waals surface area contributed by atoms with E-state index in [1.807, 2.05) is 0 Å². The predicted molar refractivity (Wildman–Crippen MR) is 35.6 cm³/mol. The van der Waals surface area contributed by atoms with E-state index in [2.05, 4.69) is 0 Å². The van der Waals surface area contributed by atoms with Crippen molar-refractivity contribution in [2.24, 2.45) is 5.92 Å². The lowest BCUT2D eigenvalue weighted by Gasteiger charge is -2.07. The summed E-state index contributed by atoms with van der Waals surface area (Å²) in [6, 6.07) is 0. The molecule has 0 aliphatic carbocycles. The van der Waals surface area contributed by atoms with Crippen LogP contribution in [0.4, 0.5) is 0 Å². The number of carbonyl (C=O) groups excluding carboxylic acids is 1. The molecule has 0 spiro atoms. The number of carbonyl (C=O) groups is 1. The minimum absolute atomic E-state index is 0.0583. The van der Waals surface area contributed by atoms with Crippen molar-refractivity contribution in [1.82, 2.24) is 0 Å². The molecule has 3 nitrogen and oxygen atoms in total. The van der Waals surface area contributed by atoms with E-state index in [0.29, 0.717) is 0 Å². The number of aliphatic hydroxyl groups excluding tert-OH is 1. The average molecular weight is 144 g/mol. The zero-order chi connectivity index (χ0) is 7.72. The van der Waals surface area contributed by atoms with E-state index < -0.39 is 0 Å². The van der Waals surface area contributed by atoms with Gasteiger partial charge in [-0.15, -0.1) is 0 Å². The molecule has 1 aliphatic heterocycles. The lowest BCUT2D eigenvalue weighted by molar-refractivity contribution is -0.123. The maximum atomic E-state index is 11.0. The van der Waals surface area contributed by atoms with Gasteiger partial charge < -0.3 is 9.84 Å². The molecule has 1 saturated heterocycles. The zero-order valence-corrected chi connectivity index (χ0v) is 6.20. The Hall–Kier alpha value is -0.410. The molecule has 58 valence electrons. The van der Waals surface area contributed by atoms with E-state index in [9.17, 15) is 4.79 Å². The molecule has 10 heavy (non-hydrogen) atoms. The normalized spacial score (nSPS) is 40.7. The first kappa shape index (κ1) is 7.69. The number of hydrogen-bond donors (Lipinski definition) is 1. The van der Waals surface area contributed by atoms with Gasteiger partial charge in [-0.25, -0.2) is 0 Å². The summed E-state index contributed by atoms with van der Waals surface area (Å²) in [5, 5.41) is 8.69. The third-order valence-corrected chi connectivity index (χ3v) is 1.97. The van der Waals surface area contributed by atoms with Crippen LogP contribution >= 0.6 is 0 Å². The predicted octanol–water partition coefficient (Wildman–Crippen LogP) is -0.0288. The van der Waals surface area contributed by atoms with Gasteiger partial charge in [0.1, 0.15) is 6.10 Å². The summed E-state index contributed by atoms with van der Waals surface area (Å²) in [6.45, 7) is 3.44. The van der Waals surface area contributed by atoms with Crippen LogP contribution < -0.4 is 0 Å². The molecule has 1 aliphatic rings. The Balaban J connectivity index is 2.61. The summed E-state index contributed by atoms with van der Waals surface area (Å²) >= 11 is 0. The molecule has 1 N–H and O–H groups in total. The van der Waals surface area contributed by atoms with Gasteiger partial charge in [0, 0.05) is 5.92 Å². The molecule has 2 unspecified atom stereocenters. The maximum absolute atomic E-state index is 11.0. The molecule has 0 aromatic carbocycles. The fourth-order valence-electron chi connectivity index (χ4n) is 1.20. The zero-order valence-electron chi connectivity index (χ0n) is 6.20. The second kappa shape index (κ2) is 2.68. The molecule has 1 fully saturated rings. The van der Waals surface area contributed by atoms with Gasteiger partial charge >= 0.3 is 0 Å². The highest BCUT2D eigenvalue weighted by Gasteiger charge is 2.36. The second-order valence-electron chi connectivity index (χ2n) is 2.69. The summed E-state index contributed by atoms with van der Waals surface area (Å²) < 4.78 is 5.14. The van der Waals surface area contributed by atoms with Crippen LogP contribution in [-0.2, 0) is 9.53 Å². The minimum Gasteiger partial charge on any atom is -0.394 e. The fourth-order valence-corrected chi connectivity index (χ4v) is 1.20. The summed E-state index contributed by atoms with van der Waals surface area (Å²) in [5.74, 6) is -0.0425. The molecule has 0 radical (unpaired) electrons. The van der Waals surface area contributed by atoms with Crippen LogP contribution in [0.5, 0.6) is 0 Å². The second-order valence-corrected chi connectivity index (χ2v) is 2.69. The first-order valence-electron chi connectivity index (χ1n) is 3.47. The van der Waals surface area contributed by atoms with Crippen molar-refractivity contribution in [3.8, 4) is 0 Å². The van der Waals surface area contributed by atoms with Gasteiger partial charge in [0.05, 0.1) is 12.7 Å². The van der Waals surface area contributed by atoms with Gasteiger partial charge in [-0.2, -0.15) is 0 Å². The number of rotatable bonds is 1. The summed E-state index contributed by atoms with van der Waals surface area (Å²) in [6.07, 6.45) is -0.602. The van der Waals surface area contributed by atoms with Crippen molar-refractivity contribution >= 4 is 5.78 Å². The molecule has 3 heteroatoms. The molecule has 0 saturated carbocycles. The summed E-state index contributed by atoms with van der Waals surface area (Å²) in [5.41, 5.74) is 0. The van der Waals surface area contributed by atoms with Crippen LogP contribution in [0.1, 0.15) is 13.8 Å².